The molecule has 4 heteroatoms. The topological polar surface area (TPSA) is 29.3 Å². The van der Waals surface area contributed by atoms with Gasteiger partial charge in [-0.3, -0.25) is 4.40 Å². The van der Waals surface area contributed by atoms with E-state index < -0.39 is 0 Å². The second-order valence-electron chi connectivity index (χ2n) is 4.32. The number of hydrogen-bond donors (Lipinski definition) is 1. The zero-order valence-electron chi connectivity index (χ0n) is 9.20. The molecule has 3 heterocycles. The van der Waals surface area contributed by atoms with Gasteiger partial charge in [0.05, 0.1) is 11.7 Å². The van der Waals surface area contributed by atoms with E-state index in [0.717, 1.165) is 35.0 Å². The van der Waals surface area contributed by atoms with Crippen molar-refractivity contribution in [3.63, 3.8) is 0 Å². The Kier molecular flexibility index (Phi) is 2.37. The van der Waals surface area contributed by atoms with Crippen molar-refractivity contribution in [3.8, 4) is 0 Å². The van der Waals surface area contributed by atoms with Gasteiger partial charge in [-0.1, -0.05) is 17.7 Å². The molecule has 1 saturated heterocycles. The molecule has 1 atom stereocenters. The Morgan fingerprint density at radius 1 is 1.56 bits per heavy atom. The molecule has 3 rings (SSSR count). The molecule has 3 nitrogen and oxygen atoms in total. The van der Waals surface area contributed by atoms with E-state index in [-0.39, 0.29) is 0 Å². The molecule has 1 aliphatic heterocycles. The van der Waals surface area contributed by atoms with Gasteiger partial charge in [-0.2, -0.15) is 0 Å². The molecule has 16 heavy (non-hydrogen) atoms. The van der Waals surface area contributed by atoms with Crippen LogP contribution < -0.4 is 5.32 Å². The van der Waals surface area contributed by atoms with Crippen LogP contribution in [0, 0.1) is 6.92 Å². The van der Waals surface area contributed by atoms with Crippen LogP contribution in [0.25, 0.3) is 5.65 Å². The molecule has 1 aliphatic rings. The lowest BCUT2D eigenvalue weighted by atomic mass is 10.2. The van der Waals surface area contributed by atoms with Crippen LogP contribution in [0.1, 0.15) is 30.1 Å². The predicted molar refractivity (Wildman–Crippen MR) is 64.9 cm³/mol. The highest BCUT2D eigenvalue weighted by atomic mass is 35.5. The van der Waals surface area contributed by atoms with Gasteiger partial charge < -0.3 is 5.32 Å². The van der Waals surface area contributed by atoms with Crippen LogP contribution in [-0.4, -0.2) is 15.9 Å². The van der Waals surface area contributed by atoms with Crippen molar-refractivity contribution in [3.05, 3.63) is 34.7 Å². The van der Waals surface area contributed by atoms with E-state index in [2.05, 4.69) is 23.3 Å². The summed E-state index contributed by atoms with van der Waals surface area (Å²) in [5, 5.41) is 4.18. The fourth-order valence-electron chi connectivity index (χ4n) is 2.33. The van der Waals surface area contributed by atoms with Crippen molar-refractivity contribution in [2.45, 2.75) is 25.8 Å². The quantitative estimate of drug-likeness (QED) is 0.824. The molecule has 2 aromatic rings. The highest BCUT2D eigenvalue weighted by Gasteiger charge is 2.23. The van der Waals surface area contributed by atoms with E-state index >= 15 is 0 Å². The van der Waals surface area contributed by atoms with E-state index in [9.17, 15) is 0 Å². The SMILES string of the molecule is Cc1cccn2c(Cl)c(C3CCCN3)nc12. The number of nitrogens with one attached hydrogen (secondary N) is 1. The van der Waals surface area contributed by atoms with Gasteiger partial charge in [0.2, 0.25) is 0 Å². The molecule has 0 bridgehead atoms. The first-order valence-corrected chi connectivity index (χ1v) is 6.01. The number of aryl methyl sites for hydroxylation is 1. The van der Waals surface area contributed by atoms with Crippen LogP contribution in [0.5, 0.6) is 0 Å². The van der Waals surface area contributed by atoms with Crippen molar-refractivity contribution in [1.82, 2.24) is 14.7 Å². The molecule has 84 valence electrons. The minimum Gasteiger partial charge on any atom is -0.309 e. The maximum atomic E-state index is 6.37. The molecule has 0 spiro atoms. The predicted octanol–water partition coefficient (Wildman–Crippen LogP) is 2.72. The summed E-state index contributed by atoms with van der Waals surface area (Å²) in [5.74, 6) is 0. The third-order valence-corrected chi connectivity index (χ3v) is 3.58. The fraction of sp³-hybridized carbons (Fsp3) is 0.417. The van der Waals surface area contributed by atoms with Crippen molar-refractivity contribution >= 4 is 17.2 Å². The highest BCUT2D eigenvalue weighted by Crippen LogP contribution is 2.30. The molecule has 0 amide bonds. The zero-order chi connectivity index (χ0) is 11.1. The van der Waals surface area contributed by atoms with E-state index in [1.165, 1.54) is 6.42 Å². The first-order chi connectivity index (χ1) is 7.77. The number of aromatic nitrogens is 2. The van der Waals surface area contributed by atoms with Crippen molar-refractivity contribution in [2.75, 3.05) is 6.54 Å². The third kappa shape index (κ3) is 1.43. The van der Waals surface area contributed by atoms with Crippen LogP contribution in [-0.2, 0) is 0 Å². The summed E-state index contributed by atoms with van der Waals surface area (Å²) in [6.45, 7) is 3.12. The van der Waals surface area contributed by atoms with Crippen LogP contribution in [0.3, 0.4) is 0 Å². The van der Waals surface area contributed by atoms with Crippen LogP contribution in [0.2, 0.25) is 5.15 Å². The van der Waals surface area contributed by atoms with Gasteiger partial charge >= 0.3 is 0 Å². The average Bonchev–Trinajstić information content (AvgIpc) is 2.88. The maximum absolute atomic E-state index is 6.37. The zero-order valence-corrected chi connectivity index (χ0v) is 9.96. The molecule has 0 saturated carbocycles. The van der Waals surface area contributed by atoms with Crippen LogP contribution >= 0.6 is 11.6 Å². The summed E-state index contributed by atoms with van der Waals surface area (Å²) in [6, 6.07) is 4.39. The Morgan fingerprint density at radius 3 is 3.12 bits per heavy atom. The summed E-state index contributed by atoms with van der Waals surface area (Å²) in [4.78, 5) is 4.66. The molecular formula is C12H14ClN3. The Morgan fingerprint density at radius 2 is 2.44 bits per heavy atom. The molecule has 1 unspecified atom stereocenters. The lowest BCUT2D eigenvalue weighted by molar-refractivity contribution is 0.632. The maximum Gasteiger partial charge on any atom is 0.141 e. The molecule has 2 aromatic heterocycles. The summed E-state index contributed by atoms with van der Waals surface area (Å²) < 4.78 is 1.96. The number of rotatable bonds is 1. The van der Waals surface area contributed by atoms with Gasteiger partial charge in [0, 0.05) is 6.20 Å². The van der Waals surface area contributed by atoms with E-state index in [4.69, 9.17) is 11.6 Å². The Balaban J connectivity index is 2.18. The highest BCUT2D eigenvalue weighted by molar-refractivity contribution is 6.30. The summed E-state index contributed by atoms with van der Waals surface area (Å²) in [7, 11) is 0. The number of hydrogen-bond acceptors (Lipinski definition) is 2. The fourth-order valence-corrected chi connectivity index (χ4v) is 2.64. The summed E-state index contributed by atoms with van der Waals surface area (Å²) in [6.07, 6.45) is 4.30. The van der Waals surface area contributed by atoms with Gasteiger partial charge in [-0.15, -0.1) is 0 Å². The number of fused-ring (bicyclic) bond motifs is 1. The second kappa shape index (κ2) is 3.75. The minimum absolute atomic E-state index is 0.326. The second-order valence-corrected chi connectivity index (χ2v) is 4.68. The Bertz CT molecular complexity index is 526. The normalized spacial score (nSPS) is 20.8. The van der Waals surface area contributed by atoms with Gasteiger partial charge in [-0.05, 0) is 37.9 Å². The van der Waals surface area contributed by atoms with E-state index in [1.807, 2.05) is 16.7 Å². The van der Waals surface area contributed by atoms with Crippen LogP contribution in [0.15, 0.2) is 18.3 Å². The molecular weight excluding hydrogens is 222 g/mol. The number of pyridine rings is 1. The molecule has 0 radical (unpaired) electrons. The van der Waals surface area contributed by atoms with Gasteiger partial charge in [0.1, 0.15) is 10.8 Å². The van der Waals surface area contributed by atoms with E-state index in [0.29, 0.717) is 6.04 Å². The lowest BCUT2D eigenvalue weighted by Gasteiger charge is -2.06. The Hall–Kier alpha value is -1.06. The summed E-state index contributed by atoms with van der Waals surface area (Å²) >= 11 is 6.37. The van der Waals surface area contributed by atoms with Crippen molar-refractivity contribution < 1.29 is 0 Å². The van der Waals surface area contributed by atoms with Crippen molar-refractivity contribution in [1.29, 1.82) is 0 Å². The monoisotopic (exact) mass is 235 g/mol. The van der Waals surface area contributed by atoms with E-state index in [1.54, 1.807) is 0 Å². The molecule has 1 fully saturated rings. The third-order valence-electron chi connectivity index (χ3n) is 3.20. The first kappa shape index (κ1) is 10.1. The molecule has 0 aromatic carbocycles. The van der Waals surface area contributed by atoms with Gasteiger partial charge in [0.25, 0.3) is 0 Å². The first-order valence-electron chi connectivity index (χ1n) is 5.64. The largest absolute Gasteiger partial charge is 0.309 e. The Labute approximate surface area is 99.4 Å². The smallest absolute Gasteiger partial charge is 0.141 e. The molecule has 0 aliphatic carbocycles. The number of imidazole rings is 1. The average molecular weight is 236 g/mol. The minimum atomic E-state index is 0.326. The van der Waals surface area contributed by atoms with Gasteiger partial charge in [-0.25, -0.2) is 4.98 Å². The lowest BCUT2D eigenvalue weighted by Crippen LogP contribution is -2.13. The summed E-state index contributed by atoms with van der Waals surface area (Å²) in [5.41, 5.74) is 3.12. The number of halogens is 1. The van der Waals surface area contributed by atoms with Crippen LogP contribution in [0.4, 0.5) is 0 Å². The van der Waals surface area contributed by atoms with Crippen molar-refractivity contribution in [2.24, 2.45) is 0 Å². The standard InChI is InChI=1S/C12H14ClN3/c1-8-4-3-7-16-11(13)10(15-12(8)16)9-5-2-6-14-9/h3-4,7,9,14H,2,5-6H2,1H3. The molecule has 1 N–H and O–H groups in total. The van der Waals surface area contributed by atoms with Gasteiger partial charge in [0.15, 0.2) is 0 Å². The number of nitrogens with zero attached hydrogens (tertiary/aromatic N) is 2.